The van der Waals surface area contributed by atoms with Gasteiger partial charge in [0, 0.05) is 12.7 Å². The fraction of sp³-hybridized carbons (Fsp3) is 0.267. The predicted octanol–water partition coefficient (Wildman–Crippen LogP) is 3.78. The van der Waals surface area contributed by atoms with Gasteiger partial charge in [0.1, 0.15) is 0 Å². The normalized spacial score (nSPS) is 10.2. The van der Waals surface area contributed by atoms with Gasteiger partial charge in [0.2, 0.25) is 0 Å². The molecule has 5 heteroatoms. The molecule has 0 unspecified atom stereocenters. The van der Waals surface area contributed by atoms with E-state index in [2.05, 4.69) is 26.2 Å². The van der Waals surface area contributed by atoms with Crippen LogP contribution in [0.3, 0.4) is 0 Å². The smallest absolute Gasteiger partial charge is 0.174 e. The van der Waals surface area contributed by atoms with Gasteiger partial charge in [-0.3, -0.25) is 4.98 Å². The van der Waals surface area contributed by atoms with E-state index in [9.17, 15) is 0 Å². The maximum atomic E-state index is 5.34. The largest absolute Gasteiger partial charge is 0.493 e. The molecule has 0 aliphatic rings. The summed E-state index contributed by atoms with van der Waals surface area (Å²) in [6, 6.07) is 7.90. The minimum Gasteiger partial charge on any atom is -0.493 e. The molecule has 0 saturated heterocycles. The van der Waals surface area contributed by atoms with E-state index < -0.39 is 0 Å². The Kier molecular flexibility index (Phi) is 4.84. The average Bonchev–Trinajstić information content (AvgIpc) is 2.45. The third-order valence-corrected chi connectivity index (χ3v) is 3.57. The van der Waals surface area contributed by atoms with Crippen molar-refractivity contribution in [2.24, 2.45) is 0 Å². The number of pyridine rings is 1. The Hall–Kier alpha value is -1.75. The number of nitrogens with zero attached hydrogens (tertiary/aromatic N) is 1. The maximum absolute atomic E-state index is 5.34. The zero-order valence-corrected chi connectivity index (χ0v) is 13.3. The summed E-state index contributed by atoms with van der Waals surface area (Å²) in [5.74, 6) is 1.41. The fourth-order valence-electron chi connectivity index (χ4n) is 1.94. The summed E-state index contributed by atoms with van der Waals surface area (Å²) < 4.78 is 11.5. The predicted molar refractivity (Wildman–Crippen MR) is 83.5 cm³/mol. The summed E-state index contributed by atoms with van der Waals surface area (Å²) in [6.07, 6.45) is 1.79. The summed E-state index contributed by atoms with van der Waals surface area (Å²) in [7, 11) is 3.26. The summed E-state index contributed by atoms with van der Waals surface area (Å²) in [5.41, 5.74) is 3.10. The van der Waals surface area contributed by atoms with Crippen LogP contribution in [0.25, 0.3) is 0 Å². The van der Waals surface area contributed by atoms with Crippen molar-refractivity contribution in [1.29, 1.82) is 0 Å². The molecule has 0 aliphatic carbocycles. The van der Waals surface area contributed by atoms with Crippen LogP contribution in [0.15, 0.2) is 34.9 Å². The number of benzene rings is 1. The topological polar surface area (TPSA) is 43.4 Å². The van der Waals surface area contributed by atoms with Gasteiger partial charge in [-0.05, 0) is 52.7 Å². The molecule has 0 spiro atoms. The van der Waals surface area contributed by atoms with Gasteiger partial charge in [0.15, 0.2) is 11.5 Å². The summed E-state index contributed by atoms with van der Waals surface area (Å²) in [5, 5.41) is 3.37. The first-order valence-corrected chi connectivity index (χ1v) is 7.01. The van der Waals surface area contributed by atoms with Crippen molar-refractivity contribution in [3.8, 4) is 11.5 Å². The first-order valence-electron chi connectivity index (χ1n) is 6.21. The number of ether oxygens (including phenoxy) is 2. The fourth-order valence-corrected chi connectivity index (χ4v) is 2.59. The lowest BCUT2D eigenvalue weighted by atomic mass is 10.2. The molecule has 0 fully saturated rings. The van der Waals surface area contributed by atoms with Crippen molar-refractivity contribution in [3.05, 3.63) is 46.2 Å². The van der Waals surface area contributed by atoms with Crippen molar-refractivity contribution >= 4 is 21.6 Å². The Bertz CT molecular complexity index is 602. The highest BCUT2D eigenvalue weighted by Crippen LogP contribution is 2.36. The van der Waals surface area contributed by atoms with Gasteiger partial charge in [-0.15, -0.1) is 0 Å². The van der Waals surface area contributed by atoms with Crippen LogP contribution in [0, 0.1) is 6.92 Å². The standard InChI is InChI=1S/C15H17BrN2O2/c1-10-13(5-4-6-17-10)18-9-11-7-12(16)15(20-3)14(8-11)19-2/h4-8,18H,9H2,1-3H3. The Labute approximate surface area is 127 Å². The molecule has 0 radical (unpaired) electrons. The lowest BCUT2D eigenvalue weighted by Gasteiger charge is -2.13. The van der Waals surface area contributed by atoms with E-state index in [1.165, 1.54) is 0 Å². The van der Waals surface area contributed by atoms with Gasteiger partial charge in [-0.25, -0.2) is 0 Å². The van der Waals surface area contributed by atoms with Crippen LogP contribution >= 0.6 is 15.9 Å². The molecule has 0 saturated carbocycles. The quantitative estimate of drug-likeness (QED) is 0.902. The number of nitrogens with one attached hydrogen (secondary N) is 1. The Morgan fingerprint density at radius 1 is 1.25 bits per heavy atom. The van der Waals surface area contributed by atoms with Crippen molar-refractivity contribution < 1.29 is 9.47 Å². The van der Waals surface area contributed by atoms with Crippen LogP contribution in [0.5, 0.6) is 11.5 Å². The molecule has 1 aromatic carbocycles. The molecular weight excluding hydrogens is 320 g/mol. The molecule has 1 heterocycles. The van der Waals surface area contributed by atoms with Gasteiger partial charge in [0.05, 0.1) is 30.1 Å². The molecule has 106 valence electrons. The van der Waals surface area contributed by atoms with Crippen molar-refractivity contribution in [3.63, 3.8) is 0 Å². The van der Waals surface area contributed by atoms with E-state index in [0.717, 1.165) is 21.4 Å². The van der Waals surface area contributed by atoms with E-state index >= 15 is 0 Å². The van der Waals surface area contributed by atoms with Crippen LogP contribution in [-0.4, -0.2) is 19.2 Å². The molecule has 1 aromatic heterocycles. The van der Waals surface area contributed by atoms with E-state index in [1.54, 1.807) is 20.4 Å². The number of methoxy groups -OCH3 is 2. The average molecular weight is 337 g/mol. The van der Waals surface area contributed by atoms with E-state index in [1.807, 2.05) is 31.2 Å². The highest BCUT2D eigenvalue weighted by molar-refractivity contribution is 9.10. The zero-order chi connectivity index (χ0) is 14.5. The van der Waals surface area contributed by atoms with Gasteiger partial charge in [0.25, 0.3) is 0 Å². The molecule has 0 aliphatic heterocycles. The molecule has 0 bridgehead atoms. The molecule has 1 N–H and O–H groups in total. The SMILES string of the molecule is COc1cc(CNc2cccnc2C)cc(Br)c1OC. The summed E-state index contributed by atoms with van der Waals surface area (Å²) >= 11 is 3.49. The number of rotatable bonds is 5. The molecule has 4 nitrogen and oxygen atoms in total. The molecule has 0 atom stereocenters. The number of anilines is 1. The van der Waals surface area contributed by atoms with Crippen LogP contribution in [0.2, 0.25) is 0 Å². The molecule has 20 heavy (non-hydrogen) atoms. The molecule has 2 rings (SSSR count). The number of aryl methyl sites for hydroxylation is 1. The number of hydrogen-bond acceptors (Lipinski definition) is 4. The lowest BCUT2D eigenvalue weighted by molar-refractivity contribution is 0.352. The third kappa shape index (κ3) is 3.22. The summed E-state index contributed by atoms with van der Waals surface area (Å²) in [4.78, 5) is 4.25. The van der Waals surface area contributed by atoms with Crippen LogP contribution in [0.1, 0.15) is 11.3 Å². The zero-order valence-electron chi connectivity index (χ0n) is 11.7. The van der Waals surface area contributed by atoms with Crippen LogP contribution in [-0.2, 0) is 6.54 Å². The minimum atomic E-state index is 0.686. The van der Waals surface area contributed by atoms with Gasteiger partial charge in [-0.1, -0.05) is 0 Å². The lowest BCUT2D eigenvalue weighted by Crippen LogP contribution is -2.03. The van der Waals surface area contributed by atoms with Crippen molar-refractivity contribution in [1.82, 2.24) is 4.98 Å². The maximum Gasteiger partial charge on any atom is 0.174 e. The Balaban J connectivity index is 2.18. The first-order chi connectivity index (χ1) is 9.65. The highest BCUT2D eigenvalue weighted by atomic mass is 79.9. The molecular formula is C15H17BrN2O2. The van der Waals surface area contributed by atoms with Crippen LogP contribution in [0.4, 0.5) is 5.69 Å². The van der Waals surface area contributed by atoms with E-state index in [0.29, 0.717) is 18.0 Å². The number of hydrogen-bond donors (Lipinski definition) is 1. The molecule has 2 aromatic rings. The third-order valence-electron chi connectivity index (χ3n) is 2.98. The second-order valence-electron chi connectivity index (χ2n) is 4.30. The Morgan fingerprint density at radius 3 is 2.70 bits per heavy atom. The molecule has 0 amide bonds. The summed E-state index contributed by atoms with van der Waals surface area (Å²) in [6.45, 7) is 2.67. The first kappa shape index (κ1) is 14.7. The second kappa shape index (κ2) is 6.61. The monoisotopic (exact) mass is 336 g/mol. The van der Waals surface area contributed by atoms with Crippen molar-refractivity contribution in [2.45, 2.75) is 13.5 Å². The number of halogens is 1. The second-order valence-corrected chi connectivity index (χ2v) is 5.16. The van der Waals surface area contributed by atoms with Gasteiger partial charge < -0.3 is 14.8 Å². The van der Waals surface area contributed by atoms with Gasteiger partial charge in [-0.2, -0.15) is 0 Å². The number of aromatic nitrogens is 1. The van der Waals surface area contributed by atoms with Crippen LogP contribution < -0.4 is 14.8 Å². The highest BCUT2D eigenvalue weighted by Gasteiger charge is 2.10. The van der Waals surface area contributed by atoms with Gasteiger partial charge >= 0.3 is 0 Å². The van der Waals surface area contributed by atoms with E-state index in [4.69, 9.17) is 9.47 Å². The van der Waals surface area contributed by atoms with Crippen molar-refractivity contribution in [2.75, 3.05) is 19.5 Å². The van der Waals surface area contributed by atoms with E-state index in [-0.39, 0.29) is 0 Å². The Morgan fingerprint density at radius 2 is 2.05 bits per heavy atom. The minimum absolute atomic E-state index is 0.686.